The van der Waals surface area contributed by atoms with Crippen molar-refractivity contribution in [1.82, 2.24) is 0 Å². The molecule has 0 saturated heterocycles. The molecule has 0 aliphatic heterocycles. The average Bonchev–Trinajstić information content (AvgIpc) is 1.94. The lowest BCUT2D eigenvalue weighted by Crippen LogP contribution is -2.23. The molecular formula is C8H9F2Si. The Bertz CT molecular complexity index is 258. The first kappa shape index (κ1) is 8.39. The molecule has 59 valence electrons. The molecular weight excluding hydrogens is 162 g/mol. The molecule has 0 N–H and O–H groups in total. The van der Waals surface area contributed by atoms with Gasteiger partial charge in [-0.05, 0) is 25.0 Å². The van der Waals surface area contributed by atoms with Gasteiger partial charge in [-0.15, -0.1) is 0 Å². The summed E-state index contributed by atoms with van der Waals surface area (Å²) in [5.74, 6) is 0. The number of aryl methyl sites for hydroxylation is 1. The molecule has 0 atom stereocenters. The molecule has 1 rings (SSSR count). The first-order valence-electron chi connectivity index (χ1n) is 3.37. The molecule has 0 spiro atoms. The summed E-state index contributed by atoms with van der Waals surface area (Å²) in [6, 6.07) is 5.04. The second kappa shape index (κ2) is 3.13. The zero-order valence-corrected chi connectivity index (χ0v) is 7.49. The lowest BCUT2D eigenvalue weighted by atomic mass is 10.1. The van der Waals surface area contributed by atoms with Crippen LogP contribution in [0.5, 0.6) is 0 Å². The van der Waals surface area contributed by atoms with E-state index in [1.165, 1.54) is 6.07 Å². The van der Waals surface area contributed by atoms with E-state index in [9.17, 15) is 8.22 Å². The fourth-order valence-electron chi connectivity index (χ4n) is 0.956. The number of rotatable bonds is 1. The van der Waals surface area contributed by atoms with Crippen LogP contribution in [0.25, 0.3) is 0 Å². The van der Waals surface area contributed by atoms with Crippen LogP contribution in [-0.4, -0.2) is 9.46 Å². The maximum atomic E-state index is 12.3. The van der Waals surface area contributed by atoms with Gasteiger partial charge < -0.3 is 0 Å². The first-order valence-corrected chi connectivity index (χ1v) is 4.63. The smallest absolute Gasteiger partial charge is 0.262 e. The van der Waals surface area contributed by atoms with Crippen molar-refractivity contribution in [1.29, 1.82) is 0 Å². The van der Waals surface area contributed by atoms with Crippen LogP contribution in [0.2, 0.25) is 0 Å². The molecule has 0 nitrogen and oxygen atoms in total. The van der Waals surface area contributed by atoms with E-state index in [4.69, 9.17) is 0 Å². The second-order valence-corrected chi connectivity index (χ2v) is 3.57. The van der Waals surface area contributed by atoms with Crippen LogP contribution >= 0.6 is 0 Å². The quantitative estimate of drug-likeness (QED) is 0.447. The Kier molecular flexibility index (Phi) is 2.39. The summed E-state index contributed by atoms with van der Waals surface area (Å²) in [7, 11) is -3.26. The molecule has 3 heteroatoms. The van der Waals surface area contributed by atoms with Crippen LogP contribution in [0.3, 0.4) is 0 Å². The SMILES string of the molecule is Cc1cccc([Si](F)F)c1C. The van der Waals surface area contributed by atoms with Gasteiger partial charge in [-0.3, -0.25) is 8.22 Å². The highest BCUT2D eigenvalue weighted by Crippen LogP contribution is 2.04. The van der Waals surface area contributed by atoms with Crippen LogP contribution < -0.4 is 5.19 Å². The molecule has 0 amide bonds. The van der Waals surface area contributed by atoms with Gasteiger partial charge >= 0.3 is 9.46 Å². The predicted molar refractivity (Wildman–Crippen MR) is 43.5 cm³/mol. The Morgan fingerprint density at radius 2 is 1.82 bits per heavy atom. The van der Waals surface area contributed by atoms with Gasteiger partial charge in [-0.1, -0.05) is 18.2 Å². The lowest BCUT2D eigenvalue weighted by molar-refractivity contribution is 0.684. The van der Waals surface area contributed by atoms with Crippen LogP contribution in [-0.2, 0) is 0 Å². The highest BCUT2D eigenvalue weighted by atomic mass is 28.4. The Morgan fingerprint density at radius 1 is 1.18 bits per heavy atom. The summed E-state index contributed by atoms with van der Waals surface area (Å²) in [6.45, 7) is 3.60. The molecule has 0 saturated carbocycles. The highest BCUT2D eigenvalue weighted by Gasteiger charge is 2.16. The van der Waals surface area contributed by atoms with Gasteiger partial charge in [0.2, 0.25) is 0 Å². The normalized spacial score (nSPS) is 10.6. The van der Waals surface area contributed by atoms with Crippen molar-refractivity contribution in [3.8, 4) is 0 Å². The van der Waals surface area contributed by atoms with Crippen molar-refractivity contribution in [3.05, 3.63) is 29.3 Å². The number of halogens is 2. The van der Waals surface area contributed by atoms with Gasteiger partial charge in [-0.25, -0.2) is 0 Å². The minimum Gasteiger partial charge on any atom is -0.262 e. The lowest BCUT2D eigenvalue weighted by Gasteiger charge is -2.03. The molecule has 0 fully saturated rings. The van der Waals surface area contributed by atoms with Crippen LogP contribution in [0.15, 0.2) is 18.2 Å². The van der Waals surface area contributed by atoms with E-state index in [2.05, 4.69) is 0 Å². The van der Waals surface area contributed by atoms with Gasteiger partial charge in [0.1, 0.15) is 0 Å². The molecule has 1 radical (unpaired) electrons. The number of benzene rings is 1. The van der Waals surface area contributed by atoms with Gasteiger partial charge in [0.05, 0.1) is 0 Å². The van der Waals surface area contributed by atoms with Crippen molar-refractivity contribution in [2.45, 2.75) is 13.8 Å². The van der Waals surface area contributed by atoms with E-state index in [0.717, 1.165) is 11.1 Å². The maximum absolute atomic E-state index is 12.3. The Morgan fingerprint density at radius 3 is 2.27 bits per heavy atom. The van der Waals surface area contributed by atoms with E-state index >= 15 is 0 Å². The van der Waals surface area contributed by atoms with Gasteiger partial charge in [0.15, 0.2) is 0 Å². The fraction of sp³-hybridized carbons (Fsp3) is 0.250. The summed E-state index contributed by atoms with van der Waals surface area (Å²) in [6.07, 6.45) is 0. The minimum atomic E-state index is -3.26. The molecule has 0 aliphatic rings. The molecule has 1 aromatic rings. The van der Waals surface area contributed by atoms with Crippen LogP contribution in [0, 0.1) is 13.8 Å². The van der Waals surface area contributed by atoms with E-state index in [-0.39, 0.29) is 5.19 Å². The van der Waals surface area contributed by atoms with Crippen LogP contribution in [0.1, 0.15) is 11.1 Å². The third-order valence-electron chi connectivity index (χ3n) is 1.81. The van der Waals surface area contributed by atoms with E-state index in [1.54, 1.807) is 13.0 Å². The molecule has 0 aromatic heterocycles. The molecule has 0 aliphatic carbocycles. The summed E-state index contributed by atoms with van der Waals surface area (Å²) in [5.41, 5.74) is 1.69. The molecule has 0 heterocycles. The molecule has 0 unspecified atom stereocenters. The minimum absolute atomic E-state index is 0.245. The topological polar surface area (TPSA) is 0 Å². The number of hydrogen-bond acceptors (Lipinski definition) is 0. The summed E-state index contributed by atoms with van der Waals surface area (Å²) in [5, 5.41) is 0.245. The van der Waals surface area contributed by atoms with Crippen molar-refractivity contribution in [2.24, 2.45) is 0 Å². The highest BCUT2D eigenvalue weighted by molar-refractivity contribution is 6.60. The third-order valence-corrected chi connectivity index (χ3v) is 2.76. The number of hydrogen-bond donors (Lipinski definition) is 0. The monoisotopic (exact) mass is 171 g/mol. The zero-order valence-electron chi connectivity index (χ0n) is 6.49. The largest absolute Gasteiger partial charge is 0.511 e. The van der Waals surface area contributed by atoms with E-state index < -0.39 is 9.46 Å². The van der Waals surface area contributed by atoms with Gasteiger partial charge in [0, 0.05) is 5.19 Å². The van der Waals surface area contributed by atoms with E-state index in [0.29, 0.717) is 0 Å². The summed E-state index contributed by atoms with van der Waals surface area (Å²) >= 11 is 0. The summed E-state index contributed by atoms with van der Waals surface area (Å²) in [4.78, 5) is 0. The van der Waals surface area contributed by atoms with Crippen molar-refractivity contribution < 1.29 is 8.22 Å². The van der Waals surface area contributed by atoms with Gasteiger partial charge in [-0.2, -0.15) is 0 Å². The molecule has 1 aromatic carbocycles. The summed E-state index contributed by atoms with van der Waals surface area (Å²) < 4.78 is 24.6. The van der Waals surface area contributed by atoms with E-state index in [1.807, 2.05) is 13.0 Å². The standard InChI is InChI=1S/C8H9F2Si/c1-6-4-3-5-8(7(6)2)11(9)10/h3-5H,1-2H3. The molecule has 11 heavy (non-hydrogen) atoms. The zero-order chi connectivity index (χ0) is 8.43. The Balaban J connectivity index is 3.17. The average molecular weight is 171 g/mol. The third kappa shape index (κ3) is 1.65. The first-order chi connectivity index (χ1) is 5.13. The van der Waals surface area contributed by atoms with Gasteiger partial charge in [0.25, 0.3) is 0 Å². The Hall–Kier alpha value is -0.703. The Labute approximate surface area is 66.8 Å². The van der Waals surface area contributed by atoms with Crippen molar-refractivity contribution in [3.63, 3.8) is 0 Å². The van der Waals surface area contributed by atoms with Crippen LogP contribution in [0.4, 0.5) is 8.22 Å². The van der Waals surface area contributed by atoms with Crippen molar-refractivity contribution >= 4 is 14.7 Å². The molecule has 0 bridgehead atoms. The maximum Gasteiger partial charge on any atom is 0.511 e. The second-order valence-electron chi connectivity index (χ2n) is 2.51. The predicted octanol–water partition coefficient (Wildman–Crippen LogP) is 1.94. The fourth-order valence-corrected chi connectivity index (χ4v) is 1.66. The van der Waals surface area contributed by atoms with Crippen molar-refractivity contribution in [2.75, 3.05) is 0 Å².